The summed E-state index contributed by atoms with van der Waals surface area (Å²) in [5.74, 6) is 0. The Morgan fingerprint density at radius 3 is 2.24 bits per heavy atom. The Kier molecular flexibility index (Phi) is 6.27. The van der Waals surface area contributed by atoms with Crippen LogP contribution in [0.15, 0.2) is 77.7 Å². The zero-order valence-electron chi connectivity index (χ0n) is 15.8. The van der Waals surface area contributed by atoms with Crippen LogP contribution >= 0.6 is 0 Å². The Morgan fingerprint density at radius 1 is 0.931 bits per heavy atom. The van der Waals surface area contributed by atoms with Gasteiger partial charge in [-0.25, -0.2) is 0 Å². The smallest absolute Gasteiger partial charge is 0.399 e. The van der Waals surface area contributed by atoms with Crippen molar-refractivity contribution in [3.8, 4) is 0 Å². The van der Waals surface area contributed by atoms with Crippen LogP contribution in [0.5, 0.6) is 0 Å². The first-order chi connectivity index (χ1) is 13.7. The van der Waals surface area contributed by atoms with Crippen LogP contribution in [-0.2, 0) is 30.1 Å². The van der Waals surface area contributed by atoms with Gasteiger partial charge in [0, 0.05) is 46.4 Å². The highest BCUT2D eigenvalue weighted by molar-refractivity contribution is 7.84. The fourth-order valence-electron chi connectivity index (χ4n) is 3.11. The molecule has 152 valence electrons. The van der Waals surface area contributed by atoms with Gasteiger partial charge in [0.05, 0.1) is 5.56 Å². The lowest BCUT2D eigenvalue weighted by Gasteiger charge is -2.27. The van der Waals surface area contributed by atoms with E-state index in [9.17, 15) is 17.4 Å². The lowest BCUT2D eigenvalue weighted by Crippen LogP contribution is -2.24. The third-order valence-corrected chi connectivity index (χ3v) is 5.48. The maximum atomic E-state index is 13.4. The molecule has 1 unspecified atom stereocenters. The first-order valence-corrected chi connectivity index (χ1v) is 10.5. The second-order valence-corrected chi connectivity index (χ2v) is 8.08. The first-order valence-electron chi connectivity index (χ1n) is 8.92. The molecule has 0 saturated carbocycles. The van der Waals surface area contributed by atoms with E-state index >= 15 is 0 Å². The van der Waals surface area contributed by atoms with Gasteiger partial charge in [0.2, 0.25) is 0 Å². The lowest BCUT2D eigenvalue weighted by molar-refractivity contribution is -0.138. The molecule has 3 nitrogen and oxygen atoms in total. The molecule has 2 N–H and O–H groups in total. The van der Waals surface area contributed by atoms with Crippen LogP contribution in [0.2, 0.25) is 0 Å². The van der Waals surface area contributed by atoms with Gasteiger partial charge in [-0.05, 0) is 47.5 Å². The van der Waals surface area contributed by atoms with Crippen LogP contribution in [0.4, 0.5) is 24.5 Å². The van der Waals surface area contributed by atoms with Crippen molar-refractivity contribution in [2.45, 2.75) is 24.2 Å². The minimum Gasteiger partial charge on any atom is -0.399 e. The molecule has 3 aromatic rings. The van der Waals surface area contributed by atoms with Gasteiger partial charge in [-0.15, -0.1) is 0 Å². The number of rotatable bonds is 6. The zero-order valence-corrected chi connectivity index (χ0v) is 16.6. The maximum Gasteiger partial charge on any atom is 0.416 e. The predicted octanol–water partition coefficient (Wildman–Crippen LogP) is 5.23. The fourth-order valence-corrected chi connectivity index (χ4v) is 3.63. The van der Waals surface area contributed by atoms with Gasteiger partial charge in [0.25, 0.3) is 0 Å². The number of nitrogen functional groups attached to an aromatic ring is 1. The molecule has 0 aliphatic heterocycles. The number of halogens is 3. The van der Waals surface area contributed by atoms with Crippen molar-refractivity contribution in [1.82, 2.24) is 0 Å². The topological polar surface area (TPSA) is 46.3 Å². The summed E-state index contributed by atoms with van der Waals surface area (Å²) >= 11 is 0. The van der Waals surface area contributed by atoms with Gasteiger partial charge >= 0.3 is 6.18 Å². The standard InChI is InChI=1S/C22H21F3N2OS/c1-29(28)20-11-9-16(10-12-20)14-27(19-7-4-6-18(26)13-19)15-17-5-2-3-8-21(17)22(23,24)25/h2-13H,14-15,26H2,1H3. The zero-order chi connectivity index (χ0) is 21.0. The van der Waals surface area contributed by atoms with E-state index in [4.69, 9.17) is 5.73 Å². The van der Waals surface area contributed by atoms with Gasteiger partial charge < -0.3 is 10.6 Å². The van der Waals surface area contributed by atoms with E-state index < -0.39 is 22.5 Å². The van der Waals surface area contributed by atoms with E-state index in [1.54, 1.807) is 42.7 Å². The second kappa shape index (κ2) is 8.69. The molecule has 7 heteroatoms. The first kappa shape index (κ1) is 20.9. The van der Waals surface area contributed by atoms with Crippen molar-refractivity contribution >= 4 is 22.2 Å². The van der Waals surface area contributed by atoms with Gasteiger partial charge in [-0.2, -0.15) is 13.2 Å². The van der Waals surface area contributed by atoms with E-state index in [0.717, 1.165) is 17.3 Å². The van der Waals surface area contributed by atoms with Crippen LogP contribution in [0.3, 0.4) is 0 Å². The molecular formula is C22H21F3N2OS. The van der Waals surface area contributed by atoms with Gasteiger partial charge in [0.15, 0.2) is 0 Å². The van der Waals surface area contributed by atoms with Gasteiger partial charge in [0.1, 0.15) is 0 Å². The molecule has 0 saturated heterocycles. The minimum atomic E-state index is -4.43. The summed E-state index contributed by atoms with van der Waals surface area (Å²) in [6, 6.07) is 19.9. The molecular weight excluding hydrogens is 397 g/mol. The summed E-state index contributed by atoms with van der Waals surface area (Å²) in [5.41, 5.74) is 7.59. The van der Waals surface area contributed by atoms with E-state index in [-0.39, 0.29) is 12.1 Å². The number of nitrogens with two attached hydrogens (primary N) is 1. The number of alkyl halides is 3. The van der Waals surface area contributed by atoms with Gasteiger partial charge in [-0.1, -0.05) is 36.4 Å². The molecule has 1 atom stereocenters. The van der Waals surface area contributed by atoms with Crippen molar-refractivity contribution in [2.24, 2.45) is 0 Å². The van der Waals surface area contributed by atoms with Crippen molar-refractivity contribution in [3.05, 3.63) is 89.5 Å². The monoisotopic (exact) mass is 418 g/mol. The Bertz CT molecular complexity index is 1000. The Balaban J connectivity index is 1.95. The fraction of sp³-hybridized carbons (Fsp3) is 0.182. The molecule has 0 bridgehead atoms. The third kappa shape index (κ3) is 5.38. The maximum absolute atomic E-state index is 13.4. The SMILES string of the molecule is CS(=O)c1ccc(CN(Cc2ccccc2C(F)(F)F)c2cccc(N)c2)cc1. The highest BCUT2D eigenvalue weighted by Gasteiger charge is 2.33. The molecule has 0 radical (unpaired) electrons. The number of hydrogen-bond acceptors (Lipinski definition) is 3. The Hall–Kier alpha value is -2.80. The third-order valence-electron chi connectivity index (χ3n) is 4.55. The van der Waals surface area contributed by atoms with Crippen molar-refractivity contribution in [2.75, 3.05) is 16.9 Å². The summed E-state index contributed by atoms with van der Waals surface area (Å²) in [4.78, 5) is 2.55. The van der Waals surface area contributed by atoms with Crippen molar-refractivity contribution in [3.63, 3.8) is 0 Å². The van der Waals surface area contributed by atoms with Crippen molar-refractivity contribution in [1.29, 1.82) is 0 Å². The number of benzene rings is 3. The lowest BCUT2D eigenvalue weighted by atomic mass is 10.1. The average molecular weight is 418 g/mol. The summed E-state index contributed by atoms with van der Waals surface area (Å²) < 4.78 is 51.9. The molecule has 0 spiro atoms. The molecule has 0 aliphatic rings. The van der Waals surface area contributed by atoms with Crippen LogP contribution in [0, 0.1) is 0 Å². The molecule has 0 aliphatic carbocycles. The number of nitrogens with zero attached hydrogens (tertiary/aromatic N) is 1. The molecule has 0 aromatic heterocycles. The molecule has 3 aromatic carbocycles. The molecule has 0 fully saturated rings. The average Bonchev–Trinajstić information content (AvgIpc) is 2.67. The quantitative estimate of drug-likeness (QED) is 0.558. The van der Waals surface area contributed by atoms with E-state index in [1.807, 2.05) is 23.1 Å². The summed E-state index contributed by atoms with van der Waals surface area (Å²) in [5, 5.41) is 0. The van der Waals surface area contributed by atoms with Gasteiger partial charge in [-0.3, -0.25) is 4.21 Å². The van der Waals surface area contributed by atoms with E-state index in [0.29, 0.717) is 17.1 Å². The highest BCUT2D eigenvalue weighted by atomic mass is 32.2. The summed E-state index contributed by atoms with van der Waals surface area (Å²) in [7, 11) is -1.09. The summed E-state index contributed by atoms with van der Waals surface area (Å²) in [6.45, 7) is 0.451. The second-order valence-electron chi connectivity index (χ2n) is 6.70. The molecule has 29 heavy (non-hydrogen) atoms. The Labute approximate surface area is 170 Å². The van der Waals surface area contributed by atoms with E-state index in [2.05, 4.69) is 0 Å². The highest BCUT2D eigenvalue weighted by Crippen LogP contribution is 2.33. The van der Waals surface area contributed by atoms with Crippen molar-refractivity contribution < 1.29 is 17.4 Å². The Morgan fingerprint density at radius 2 is 1.62 bits per heavy atom. The molecule has 0 amide bonds. The summed E-state index contributed by atoms with van der Waals surface area (Å²) in [6.07, 6.45) is -2.83. The number of anilines is 2. The normalized spacial score (nSPS) is 12.6. The molecule has 0 heterocycles. The largest absolute Gasteiger partial charge is 0.416 e. The van der Waals surface area contributed by atoms with Crippen LogP contribution in [-0.4, -0.2) is 10.5 Å². The minimum absolute atomic E-state index is 0.0700. The number of hydrogen-bond donors (Lipinski definition) is 1. The van der Waals surface area contributed by atoms with Crippen LogP contribution in [0.25, 0.3) is 0 Å². The molecule has 3 rings (SSSR count). The van der Waals surface area contributed by atoms with Crippen LogP contribution < -0.4 is 10.6 Å². The van der Waals surface area contributed by atoms with Crippen LogP contribution in [0.1, 0.15) is 16.7 Å². The predicted molar refractivity (Wildman–Crippen MR) is 111 cm³/mol. The van der Waals surface area contributed by atoms with E-state index in [1.165, 1.54) is 12.1 Å².